The third-order valence-corrected chi connectivity index (χ3v) is 4.54. The molecule has 0 bridgehead atoms. The molecular formula is C16H24ClN. The van der Waals surface area contributed by atoms with Crippen molar-refractivity contribution in [1.29, 1.82) is 0 Å². The highest BCUT2D eigenvalue weighted by Crippen LogP contribution is 2.39. The molecule has 1 heterocycles. The molecule has 1 aromatic carbocycles. The van der Waals surface area contributed by atoms with Gasteiger partial charge in [-0.05, 0) is 64.7 Å². The van der Waals surface area contributed by atoms with Crippen LogP contribution in [0.5, 0.6) is 0 Å². The monoisotopic (exact) mass is 265 g/mol. The highest BCUT2D eigenvalue weighted by Gasteiger charge is 2.40. The maximum atomic E-state index is 5.95. The molecule has 0 saturated carbocycles. The molecule has 1 aliphatic rings. The minimum Gasteiger partial charge on any atom is -0.289 e. The lowest BCUT2D eigenvalue weighted by atomic mass is 9.79. The van der Waals surface area contributed by atoms with Gasteiger partial charge in [0, 0.05) is 22.6 Å². The van der Waals surface area contributed by atoms with Crippen LogP contribution in [-0.2, 0) is 6.54 Å². The van der Waals surface area contributed by atoms with Crippen LogP contribution in [-0.4, -0.2) is 16.0 Å². The number of piperidine rings is 1. The molecule has 0 unspecified atom stereocenters. The van der Waals surface area contributed by atoms with Crippen LogP contribution in [0.25, 0.3) is 0 Å². The fourth-order valence-electron chi connectivity index (χ4n) is 3.24. The van der Waals surface area contributed by atoms with E-state index in [1.807, 2.05) is 12.1 Å². The number of hydrogen-bond acceptors (Lipinski definition) is 1. The summed E-state index contributed by atoms with van der Waals surface area (Å²) in [6.07, 6.45) is 3.89. The van der Waals surface area contributed by atoms with E-state index >= 15 is 0 Å². The lowest BCUT2D eigenvalue weighted by Gasteiger charge is -2.53. The van der Waals surface area contributed by atoms with E-state index in [0.29, 0.717) is 0 Å². The average molecular weight is 266 g/mol. The van der Waals surface area contributed by atoms with Gasteiger partial charge in [-0.15, -0.1) is 0 Å². The number of nitrogens with zero attached hydrogens (tertiary/aromatic N) is 1. The quantitative estimate of drug-likeness (QED) is 0.736. The SMILES string of the molecule is CC1(C)CCCC(C)(C)N1Cc1ccc(Cl)cc1. The van der Waals surface area contributed by atoms with Crippen LogP contribution < -0.4 is 0 Å². The minimum atomic E-state index is 0.279. The summed E-state index contributed by atoms with van der Waals surface area (Å²) in [5, 5.41) is 0.816. The molecule has 1 fully saturated rings. The number of likely N-dealkylation sites (tertiary alicyclic amines) is 1. The van der Waals surface area contributed by atoms with Crippen molar-refractivity contribution in [2.45, 2.75) is 64.6 Å². The summed E-state index contributed by atoms with van der Waals surface area (Å²) in [5.41, 5.74) is 1.91. The molecule has 1 aliphatic heterocycles. The predicted octanol–water partition coefficient (Wildman–Crippen LogP) is 4.88. The third kappa shape index (κ3) is 2.89. The van der Waals surface area contributed by atoms with Crippen molar-refractivity contribution in [2.75, 3.05) is 0 Å². The standard InChI is InChI=1S/C16H24ClN/c1-15(2)10-5-11-16(3,4)18(15)12-13-6-8-14(17)9-7-13/h6-9H,5,10-12H2,1-4H3. The first-order valence-electron chi connectivity index (χ1n) is 6.83. The molecule has 18 heavy (non-hydrogen) atoms. The van der Waals surface area contributed by atoms with Gasteiger partial charge in [0.25, 0.3) is 0 Å². The maximum absolute atomic E-state index is 5.95. The van der Waals surface area contributed by atoms with Crippen molar-refractivity contribution in [3.8, 4) is 0 Å². The van der Waals surface area contributed by atoms with Crippen molar-refractivity contribution >= 4 is 11.6 Å². The molecule has 2 heteroatoms. The van der Waals surface area contributed by atoms with Crippen LogP contribution in [0.4, 0.5) is 0 Å². The number of hydrogen-bond donors (Lipinski definition) is 0. The summed E-state index contributed by atoms with van der Waals surface area (Å²) in [5.74, 6) is 0. The summed E-state index contributed by atoms with van der Waals surface area (Å²) in [6, 6.07) is 8.26. The van der Waals surface area contributed by atoms with E-state index in [2.05, 4.69) is 44.7 Å². The van der Waals surface area contributed by atoms with Gasteiger partial charge in [0.15, 0.2) is 0 Å². The van der Waals surface area contributed by atoms with E-state index in [0.717, 1.165) is 11.6 Å². The Hall–Kier alpha value is -0.530. The largest absolute Gasteiger partial charge is 0.289 e. The molecule has 100 valence electrons. The Morgan fingerprint density at radius 2 is 1.50 bits per heavy atom. The summed E-state index contributed by atoms with van der Waals surface area (Å²) in [4.78, 5) is 2.65. The van der Waals surface area contributed by atoms with Gasteiger partial charge < -0.3 is 0 Å². The molecule has 0 spiro atoms. The number of halogens is 1. The smallest absolute Gasteiger partial charge is 0.0406 e. The molecule has 2 rings (SSSR count). The van der Waals surface area contributed by atoms with Crippen molar-refractivity contribution in [1.82, 2.24) is 4.90 Å². The van der Waals surface area contributed by atoms with Crippen LogP contribution in [0, 0.1) is 0 Å². The summed E-state index contributed by atoms with van der Waals surface area (Å²) >= 11 is 5.95. The average Bonchev–Trinajstić information content (AvgIpc) is 2.25. The van der Waals surface area contributed by atoms with Crippen molar-refractivity contribution < 1.29 is 0 Å². The van der Waals surface area contributed by atoms with Gasteiger partial charge >= 0.3 is 0 Å². The molecule has 0 amide bonds. The molecule has 0 aliphatic carbocycles. The molecular weight excluding hydrogens is 242 g/mol. The Morgan fingerprint density at radius 3 is 2.00 bits per heavy atom. The van der Waals surface area contributed by atoms with E-state index in [4.69, 9.17) is 11.6 Å². The van der Waals surface area contributed by atoms with Gasteiger partial charge in [-0.2, -0.15) is 0 Å². The number of benzene rings is 1. The molecule has 0 radical (unpaired) electrons. The van der Waals surface area contributed by atoms with Crippen molar-refractivity contribution in [3.05, 3.63) is 34.9 Å². The van der Waals surface area contributed by atoms with E-state index in [-0.39, 0.29) is 11.1 Å². The molecule has 1 saturated heterocycles. The van der Waals surface area contributed by atoms with Crippen molar-refractivity contribution in [3.63, 3.8) is 0 Å². The van der Waals surface area contributed by atoms with E-state index in [1.54, 1.807) is 0 Å². The highest BCUT2D eigenvalue weighted by atomic mass is 35.5. The maximum Gasteiger partial charge on any atom is 0.0406 e. The summed E-state index contributed by atoms with van der Waals surface area (Å²) < 4.78 is 0. The Labute approximate surface area is 116 Å². The Kier molecular flexibility index (Phi) is 3.75. The molecule has 0 N–H and O–H groups in total. The highest BCUT2D eigenvalue weighted by molar-refractivity contribution is 6.30. The lowest BCUT2D eigenvalue weighted by molar-refractivity contribution is -0.0340. The van der Waals surface area contributed by atoms with Gasteiger partial charge in [0.1, 0.15) is 0 Å². The van der Waals surface area contributed by atoms with Crippen LogP contribution in [0.3, 0.4) is 0 Å². The summed E-state index contributed by atoms with van der Waals surface area (Å²) in [7, 11) is 0. The van der Waals surface area contributed by atoms with E-state index < -0.39 is 0 Å². The molecule has 0 atom stereocenters. The first-order chi connectivity index (χ1) is 8.31. The van der Waals surface area contributed by atoms with Gasteiger partial charge in [0.05, 0.1) is 0 Å². The zero-order chi connectivity index (χ0) is 13.4. The van der Waals surface area contributed by atoms with Crippen LogP contribution in [0.15, 0.2) is 24.3 Å². The van der Waals surface area contributed by atoms with Crippen LogP contribution >= 0.6 is 11.6 Å². The second-order valence-corrected chi connectivity index (χ2v) is 7.13. The van der Waals surface area contributed by atoms with Gasteiger partial charge in [0.2, 0.25) is 0 Å². The fourth-order valence-corrected chi connectivity index (χ4v) is 3.37. The Morgan fingerprint density at radius 1 is 1.00 bits per heavy atom. The van der Waals surface area contributed by atoms with Gasteiger partial charge in [-0.1, -0.05) is 23.7 Å². The van der Waals surface area contributed by atoms with Crippen LogP contribution in [0.1, 0.15) is 52.5 Å². The minimum absolute atomic E-state index is 0.279. The zero-order valence-corrected chi connectivity index (χ0v) is 12.7. The van der Waals surface area contributed by atoms with Gasteiger partial charge in [-0.3, -0.25) is 4.90 Å². The second kappa shape index (κ2) is 4.86. The van der Waals surface area contributed by atoms with Crippen LogP contribution in [0.2, 0.25) is 5.02 Å². The third-order valence-electron chi connectivity index (χ3n) is 4.29. The molecule has 0 aromatic heterocycles. The molecule has 1 nitrogen and oxygen atoms in total. The van der Waals surface area contributed by atoms with Crippen molar-refractivity contribution in [2.24, 2.45) is 0 Å². The van der Waals surface area contributed by atoms with E-state index in [1.165, 1.54) is 24.8 Å². The topological polar surface area (TPSA) is 3.24 Å². The fraction of sp³-hybridized carbons (Fsp3) is 0.625. The molecule has 1 aromatic rings. The second-order valence-electron chi connectivity index (χ2n) is 6.69. The Balaban J connectivity index is 2.21. The first-order valence-corrected chi connectivity index (χ1v) is 7.21. The zero-order valence-electron chi connectivity index (χ0n) is 12.0. The normalized spacial score (nSPS) is 22.9. The Bertz CT molecular complexity index is 390. The first kappa shape index (κ1) is 13.9. The summed E-state index contributed by atoms with van der Waals surface area (Å²) in [6.45, 7) is 10.5. The predicted molar refractivity (Wildman–Crippen MR) is 79.0 cm³/mol. The van der Waals surface area contributed by atoms with E-state index in [9.17, 15) is 0 Å². The number of rotatable bonds is 2. The van der Waals surface area contributed by atoms with Gasteiger partial charge in [-0.25, -0.2) is 0 Å². The lowest BCUT2D eigenvalue weighted by Crippen LogP contribution is -2.57.